The first-order chi connectivity index (χ1) is 18.1. The lowest BCUT2D eigenvalue weighted by Gasteiger charge is -2.43. The molecular weight excluding hydrogens is 476 g/mol. The van der Waals surface area contributed by atoms with Gasteiger partial charge in [-0.15, -0.1) is 0 Å². The molecular formula is C28H50N2O7. The quantitative estimate of drug-likeness (QED) is 0.248. The Balaban J connectivity index is 1.48. The number of ether oxygens (including phenoxy) is 3. The monoisotopic (exact) mass is 527 g/mol. The maximum absolute atomic E-state index is 12.3. The molecule has 0 spiro atoms. The first-order valence-electron chi connectivity index (χ1n) is 14.8. The second-order valence-electron chi connectivity index (χ2n) is 10.9. The van der Waals surface area contributed by atoms with E-state index in [1.165, 1.54) is 6.92 Å². The van der Waals surface area contributed by atoms with Gasteiger partial charge in [-0.2, -0.15) is 0 Å². The van der Waals surface area contributed by atoms with Crippen LogP contribution < -0.4 is 5.32 Å². The number of unbranched alkanes of at least 4 members (excludes halogenated alkanes) is 4. The van der Waals surface area contributed by atoms with E-state index in [4.69, 9.17) is 15.6 Å². The molecule has 0 bridgehead atoms. The molecule has 2 unspecified atom stereocenters. The van der Waals surface area contributed by atoms with Gasteiger partial charge in [0.25, 0.3) is 0 Å². The van der Waals surface area contributed by atoms with E-state index in [9.17, 15) is 19.5 Å². The fourth-order valence-corrected chi connectivity index (χ4v) is 5.07. The SMILES string of the molecule is [2H]C[C@@H]1C[C@@H](O)CN1C(=O)CCCCCNC(=O)CCCCCO[C@@H]1OC(COC(C)=O)[C@H](C)[C@H](C)C1C. The zero-order valence-electron chi connectivity index (χ0n) is 24.3. The summed E-state index contributed by atoms with van der Waals surface area (Å²) in [4.78, 5) is 37.2. The van der Waals surface area contributed by atoms with Crippen molar-refractivity contribution < 1.29 is 35.1 Å². The van der Waals surface area contributed by atoms with Gasteiger partial charge in [0.15, 0.2) is 6.29 Å². The average molecular weight is 528 g/mol. The predicted octanol–water partition coefficient (Wildman–Crippen LogP) is 3.42. The third-order valence-electron chi connectivity index (χ3n) is 7.87. The van der Waals surface area contributed by atoms with Gasteiger partial charge in [-0.05, 0) is 50.8 Å². The van der Waals surface area contributed by atoms with Crippen molar-refractivity contribution in [2.75, 3.05) is 26.3 Å². The van der Waals surface area contributed by atoms with Crippen LogP contribution in [-0.4, -0.2) is 78.6 Å². The number of esters is 1. The first-order valence-corrected chi connectivity index (χ1v) is 14.1. The van der Waals surface area contributed by atoms with E-state index in [-0.39, 0.29) is 61.6 Å². The molecule has 0 aromatic heterocycles. The molecule has 2 saturated heterocycles. The Morgan fingerprint density at radius 3 is 2.49 bits per heavy atom. The van der Waals surface area contributed by atoms with Crippen LogP contribution in [0.15, 0.2) is 0 Å². The van der Waals surface area contributed by atoms with Crippen molar-refractivity contribution in [2.24, 2.45) is 17.8 Å². The average Bonchev–Trinajstić information content (AvgIpc) is 3.27. The largest absolute Gasteiger partial charge is 0.463 e. The molecule has 2 aliphatic rings. The number of hydrogen-bond donors (Lipinski definition) is 2. The molecule has 37 heavy (non-hydrogen) atoms. The Bertz CT molecular complexity index is 740. The molecule has 2 heterocycles. The maximum atomic E-state index is 12.3. The zero-order valence-corrected chi connectivity index (χ0v) is 23.3. The highest BCUT2D eigenvalue weighted by molar-refractivity contribution is 5.77. The summed E-state index contributed by atoms with van der Waals surface area (Å²) in [6, 6.07) is -0.161. The molecule has 0 aromatic carbocycles. The number of carbonyl (C=O) groups is 3. The van der Waals surface area contributed by atoms with Gasteiger partial charge in [-0.1, -0.05) is 33.6 Å². The topological polar surface area (TPSA) is 114 Å². The minimum atomic E-state index is -0.507. The molecule has 214 valence electrons. The number of aliphatic hydroxyl groups excluding tert-OH is 1. The number of likely N-dealkylation sites (tertiary alicyclic amines) is 1. The second kappa shape index (κ2) is 16.3. The minimum Gasteiger partial charge on any atom is -0.463 e. The minimum absolute atomic E-state index is 0.0159. The Morgan fingerprint density at radius 2 is 1.76 bits per heavy atom. The normalized spacial score (nSPS) is 30.1. The van der Waals surface area contributed by atoms with Crippen LogP contribution in [0.5, 0.6) is 0 Å². The van der Waals surface area contributed by atoms with E-state index in [1.807, 2.05) is 0 Å². The number of nitrogens with one attached hydrogen (secondary N) is 1. The van der Waals surface area contributed by atoms with E-state index in [2.05, 4.69) is 26.1 Å². The van der Waals surface area contributed by atoms with Crippen molar-refractivity contribution in [3.05, 3.63) is 0 Å². The van der Waals surface area contributed by atoms with Gasteiger partial charge in [0, 0.05) is 52.8 Å². The number of aliphatic hydroxyl groups is 1. The molecule has 9 nitrogen and oxygen atoms in total. The standard InChI is InChI=1S/C28H50N2O7/c1-19-16-24(32)17-30(19)27(34)13-9-6-10-14-29-26(33)12-8-7-11-15-35-28-22(4)20(2)21(3)25(37-28)18-36-23(5)31/h19-22,24-25,28,32H,6-18H2,1-5H3,(H,29,33)/t19-,20+,21-,22?,24-,25?,28-/m1/s1/i1D. The van der Waals surface area contributed by atoms with Crippen molar-refractivity contribution in [3.8, 4) is 0 Å². The number of amides is 2. The Labute approximate surface area is 224 Å². The van der Waals surface area contributed by atoms with E-state index < -0.39 is 6.10 Å². The lowest BCUT2D eigenvalue weighted by atomic mass is 9.79. The third kappa shape index (κ3) is 10.9. The lowest BCUT2D eigenvalue weighted by molar-refractivity contribution is -0.255. The summed E-state index contributed by atoms with van der Waals surface area (Å²) in [7, 11) is 0. The molecule has 2 rings (SSSR count). The highest BCUT2D eigenvalue weighted by Crippen LogP contribution is 2.35. The summed E-state index contributed by atoms with van der Waals surface area (Å²) in [5, 5.41) is 12.7. The van der Waals surface area contributed by atoms with E-state index >= 15 is 0 Å². The summed E-state index contributed by atoms with van der Waals surface area (Å²) in [5.41, 5.74) is 0. The van der Waals surface area contributed by atoms with Crippen LogP contribution in [0.4, 0.5) is 0 Å². The molecule has 7 atom stereocenters. The molecule has 0 saturated carbocycles. The summed E-state index contributed by atoms with van der Waals surface area (Å²) >= 11 is 0. The van der Waals surface area contributed by atoms with Crippen LogP contribution >= 0.6 is 0 Å². The van der Waals surface area contributed by atoms with Gasteiger partial charge in [0.1, 0.15) is 6.61 Å². The molecule has 2 aliphatic heterocycles. The van der Waals surface area contributed by atoms with Crippen LogP contribution in [0, 0.1) is 17.8 Å². The van der Waals surface area contributed by atoms with Crippen LogP contribution in [0.3, 0.4) is 0 Å². The van der Waals surface area contributed by atoms with Gasteiger partial charge in [0.2, 0.25) is 11.8 Å². The summed E-state index contributed by atoms with van der Waals surface area (Å²) in [6.07, 6.45) is 5.38. The van der Waals surface area contributed by atoms with Crippen molar-refractivity contribution in [2.45, 2.75) is 117 Å². The molecule has 2 amide bonds. The summed E-state index contributed by atoms with van der Waals surface area (Å²) < 4.78 is 24.8. The van der Waals surface area contributed by atoms with Gasteiger partial charge in [0.05, 0.1) is 12.2 Å². The van der Waals surface area contributed by atoms with E-state index in [0.717, 1.165) is 38.5 Å². The van der Waals surface area contributed by atoms with Crippen molar-refractivity contribution >= 4 is 17.8 Å². The highest BCUT2D eigenvalue weighted by Gasteiger charge is 2.40. The number of β-amino-alcohol motifs (C(OH)–C–C–N with tert-alkyl or cyclic N) is 1. The van der Waals surface area contributed by atoms with Gasteiger partial charge in [-0.3, -0.25) is 14.4 Å². The second-order valence-corrected chi connectivity index (χ2v) is 10.9. The maximum Gasteiger partial charge on any atom is 0.302 e. The molecule has 0 radical (unpaired) electrons. The van der Waals surface area contributed by atoms with Crippen LogP contribution in [0.1, 0.15) is 93.8 Å². The van der Waals surface area contributed by atoms with E-state index in [0.29, 0.717) is 44.9 Å². The fourth-order valence-electron chi connectivity index (χ4n) is 5.07. The van der Waals surface area contributed by atoms with Crippen molar-refractivity contribution in [3.63, 3.8) is 0 Å². The Morgan fingerprint density at radius 1 is 1.03 bits per heavy atom. The predicted molar refractivity (Wildman–Crippen MR) is 140 cm³/mol. The summed E-state index contributed by atoms with van der Waals surface area (Å²) in [6.45, 7) is 9.73. The first kappa shape index (κ1) is 29.8. The van der Waals surface area contributed by atoms with Gasteiger partial charge < -0.3 is 29.5 Å². The molecule has 2 N–H and O–H groups in total. The third-order valence-corrected chi connectivity index (χ3v) is 7.87. The van der Waals surface area contributed by atoms with Gasteiger partial charge in [-0.25, -0.2) is 0 Å². The highest BCUT2D eigenvalue weighted by atomic mass is 16.7. The van der Waals surface area contributed by atoms with Crippen molar-refractivity contribution in [1.29, 1.82) is 0 Å². The van der Waals surface area contributed by atoms with Gasteiger partial charge >= 0.3 is 5.97 Å². The number of carbonyl (C=O) groups excluding carboxylic acids is 3. The number of nitrogens with zero attached hydrogens (tertiary/aromatic N) is 1. The van der Waals surface area contributed by atoms with Crippen LogP contribution in [-0.2, 0) is 28.6 Å². The molecule has 9 heteroatoms. The van der Waals surface area contributed by atoms with E-state index in [1.54, 1.807) is 4.90 Å². The van der Waals surface area contributed by atoms with Crippen LogP contribution in [0.25, 0.3) is 0 Å². The molecule has 0 aliphatic carbocycles. The Kier molecular flexibility index (Phi) is 13.1. The van der Waals surface area contributed by atoms with Crippen molar-refractivity contribution in [1.82, 2.24) is 10.2 Å². The summed E-state index contributed by atoms with van der Waals surface area (Å²) in [5.74, 6) is 0.667. The lowest BCUT2D eigenvalue weighted by Crippen LogP contribution is -2.47. The number of rotatable bonds is 15. The zero-order chi connectivity index (χ0) is 28.1. The molecule has 2 fully saturated rings. The Hall–Kier alpha value is -1.71. The smallest absolute Gasteiger partial charge is 0.302 e. The molecule has 0 aromatic rings. The fraction of sp³-hybridized carbons (Fsp3) is 0.893. The van der Waals surface area contributed by atoms with Crippen LogP contribution in [0.2, 0.25) is 0 Å². The number of hydrogen-bond acceptors (Lipinski definition) is 7.